The van der Waals surface area contributed by atoms with Gasteiger partial charge in [-0.1, -0.05) is 36.4 Å². The van der Waals surface area contributed by atoms with Crippen LogP contribution in [0.15, 0.2) is 71.1 Å². The van der Waals surface area contributed by atoms with Crippen LogP contribution in [0.4, 0.5) is 0 Å². The minimum atomic E-state index is -1.29. The molecule has 5 nitrogen and oxygen atoms in total. The van der Waals surface area contributed by atoms with E-state index in [1.54, 1.807) is 12.1 Å². The lowest BCUT2D eigenvalue weighted by molar-refractivity contribution is -0.255. The highest BCUT2D eigenvalue weighted by Gasteiger charge is 2.15. The van der Waals surface area contributed by atoms with Crippen LogP contribution in [0.2, 0.25) is 0 Å². The van der Waals surface area contributed by atoms with Crippen molar-refractivity contribution in [3.05, 3.63) is 72.4 Å². The van der Waals surface area contributed by atoms with E-state index in [0.717, 1.165) is 11.0 Å². The minimum Gasteiger partial charge on any atom is -0.543 e. The van der Waals surface area contributed by atoms with Crippen LogP contribution in [0.3, 0.4) is 0 Å². The molecule has 0 bridgehead atoms. The zero-order valence-corrected chi connectivity index (χ0v) is 12.0. The van der Waals surface area contributed by atoms with E-state index in [1.807, 2.05) is 48.5 Å². The molecule has 4 rings (SSSR count). The van der Waals surface area contributed by atoms with E-state index in [0.29, 0.717) is 17.1 Å². The molecular weight excluding hydrogens is 292 g/mol. The summed E-state index contributed by atoms with van der Waals surface area (Å²) in [5, 5.41) is 16.7. The predicted molar refractivity (Wildman–Crippen MR) is 83.1 cm³/mol. The molecule has 0 spiro atoms. The fraction of sp³-hybridized carbons (Fsp3) is 0. The summed E-state index contributed by atoms with van der Waals surface area (Å²) in [5.41, 5.74) is 1.80. The number of aromatic carboxylic acids is 1. The number of furan rings is 1. The third-order valence-electron chi connectivity index (χ3n) is 3.60. The lowest BCUT2D eigenvalue weighted by atomic mass is 10.2. The van der Waals surface area contributed by atoms with Gasteiger partial charge >= 0.3 is 0 Å². The first kappa shape index (κ1) is 13.3. The standard InChI is InChI=1S/C18H12N2O3/c21-18(22)15-11-14(19-20(15)13-7-2-1-3-8-13)17-10-12-6-4-5-9-16(12)23-17/h1-11H,(H,21,22)/p-1. The molecule has 0 N–H and O–H groups in total. The smallest absolute Gasteiger partial charge is 0.155 e. The Bertz CT molecular complexity index is 966. The van der Waals surface area contributed by atoms with Crippen LogP contribution in [0.1, 0.15) is 10.5 Å². The zero-order chi connectivity index (χ0) is 15.8. The number of rotatable bonds is 3. The molecule has 2 heterocycles. The van der Waals surface area contributed by atoms with Crippen molar-refractivity contribution < 1.29 is 14.3 Å². The number of carboxylic acid groups (broad SMARTS) is 1. The van der Waals surface area contributed by atoms with Crippen molar-refractivity contribution in [2.45, 2.75) is 0 Å². The second kappa shape index (κ2) is 5.14. The van der Waals surface area contributed by atoms with Gasteiger partial charge in [-0.3, -0.25) is 0 Å². The number of fused-ring (bicyclic) bond motifs is 1. The van der Waals surface area contributed by atoms with Crippen LogP contribution in [0.5, 0.6) is 0 Å². The molecule has 0 aliphatic rings. The highest BCUT2D eigenvalue weighted by atomic mass is 16.4. The van der Waals surface area contributed by atoms with Crippen molar-refractivity contribution >= 4 is 16.9 Å². The lowest BCUT2D eigenvalue weighted by Crippen LogP contribution is -2.25. The maximum Gasteiger partial charge on any atom is 0.155 e. The Hall–Kier alpha value is -3.34. The molecule has 0 saturated carbocycles. The van der Waals surface area contributed by atoms with Crippen molar-refractivity contribution in [3.63, 3.8) is 0 Å². The second-order valence-corrected chi connectivity index (χ2v) is 5.10. The molecule has 2 aromatic heterocycles. The SMILES string of the molecule is O=C([O-])c1cc(-c2cc3ccccc3o2)nn1-c1ccccc1. The van der Waals surface area contributed by atoms with Gasteiger partial charge in [-0.15, -0.1) is 0 Å². The van der Waals surface area contributed by atoms with Crippen molar-refractivity contribution in [3.8, 4) is 17.1 Å². The normalized spacial score (nSPS) is 11.0. The topological polar surface area (TPSA) is 71.1 Å². The van der Waals surface area contributed by atoms with Crippen molar-refractivity contribution in [1.82, 2.24) is 9.78 Å². The van der Waals surface area contributed by atoms with Gasteiger partial charge in [-0.05, 0) is 30.3 Å². The molecule has 0 atom stereocenters. The molecule has 112 valence electrons. The molecule has 23 heavy (non-hydrogen) atoms. The van der Waals surface area contributed by atoms with Crippen molar-refractivity contribution in [2.75, 3.05) is 0 Å². The summed E-state index contributed by atoms with van der Waals surface area (Å²) in [5.74, 6) is -0.771. The molecule has 5 heteroatoms. The maximum atomic E-state index is 11.4. The third kappa shape index (κ3) is 2.28. The molecule has 0 unspecified atom stereocenters. The Morgan fingerprint density at radius 1 is 1.00 bits per heavy atom. The highest BCUT2D eigenvalue weighted by Crippen LogP contribution is 2.28. The highest BCUT2D eigenvalue weighted by molar-refractivity contribution is 5.87. The number of hydrogen-bond acceptors (Lipinski definition) is 4. The Balaban J connectivity index is 1.88. The van der Waals surface area contributed by atoms with E-state index in [-0.39, 0.29) is 5.69 Å². The summed E-state index contributed by atoms with van der Waals surface area (Å²) in [6, 6.07) is 19.9. The summed E-state index contributed by atoms with van der Waals surface area (Å²) in [6.07, 6.45) is 0. The number of carbonyl (C=O) groups excluding carboxylic acids is 1. The van der Waals surface area contributed by atoms with Gasteiger partial charge in [0.05, 0.1) is 17.4 Å². The third-order valence-corrected chi connectivity index (χ3v) is 3.60. The van der Waals surface area contributed by atoms with E-state index in [9.17, 15) is 9.90 Å². The molecule has 0 amide bonds. The fourth-order valence-electron chi connectivity index (χ4n) is 2.52. The van der Waals surface area contributed by atoms with Crippen LogP contribution in [-0.2, 0) is 0 Å². The maximum absolute atomic E-state index is 11.4. The monoisotopic (exact) mass is 303 g/mol. The molecule has 0 aliphatic carbocycles. The van der Waals surface area contributed by atoms with Crippen molar-refractivity contribution in [1.29, 1.82) is 0 Å². The Labute approximate surface area is 131 Å². The predicted octanol–water partition coefficient (Wildman–Crippen LogP) is 2.65. The number of nitrogens with zero attached hydrogens (tertiary/aromatic N) is 2. The van der Waals surface area contributed by atoms with Gasteiger partial charge in [0.25, 0.3) is 0 Å². The summed E-state index contributed by atoms with van der Waals surface area (Å²) in [6.45, 7) is 0. The van der Waals surface area contributed by atoms with E-state index in [2.05, 4.69) is 5.10 Å². The summed E-state index contributed by atoms with van der Waals surface area (Å²) in [7, 11) is 0. The summed E-state index contributed by atoms with van der Waals surface area (Å²) in [4.78, 5) is 11.4. The Morgan fingerprint density at radius 3 is 2.48 bits per heavy atom. The molecular formula is C18H11N2O3-. The van der Waals surface area contributed by atoms with E-state index < -0.39 is 5.97 Å². The fourth-order valence-corrected chi connectivity index (χ4v) is 2.52. The zero-order valence-electron chi connectivity index (χ0n) is 12.0. The lowest BCUT2D eigenvalue weighted by Gasteiger charge is -2.06. The van der Waals surface area contributed by atoms with Gasteiger partial charge in [-0.25, -0.2) is 4.68 Å². The summed E-state index contributed by atoms with van der Waals surface area (Å²) < 4.78 is 7.09. The average Bonchev–Trinajstić information content (AvgIpc) is 3.19. The van der Waals surface area contributed by atoms with Gasteiger partial charge in [0.2, 0.25) is 0 Å². The van der Waals surface area contributed by atoms with E-state index >= 15 is 0 Å². The van der Waals surface area contributed by atoms with Gasteiger partial charge < -0.3 is 14.3 Å². The number of para-hydroxylation sites is 2. The molecule has 2 aromatic carbocycles. The number of carbonyl (C=O) groups is 1. The first-order valence-corrected chi connectivity index (χ1v) is 7.08. The van der Waals surface area contributed by atoms with Gasteiger partial charge in [0.1, 0.15) is 11.3 Å². The van der Waals surface area contributed by atoms with Crippen molar-refractivity contribution in [2.24, 2.45) is 0 Å². The number of hydrogen-bond donors (Lipinski definition) is 0. The van der Waals surface area contributed by atoms with Crippen LogP contribution in [0.25, 0.3) is 28.1 Å². The molecule has 0 saturated heterocycles. The van der Waals surface area contributed by atoms with Crippen LogP contribution in [0, 0.1) is 0 Å². The quantitative estimate of drug-likeness (QED) is 0.583. The summed E-state index contributed by atoms with van der Waals surface area (Å²) >= 11 is 0. The number of aromatic nitrogens is 2. The molecule has 0 fully saturated rings. The number of benzene rings is 2. The first-order chi connectivity index (χ1) is 11.2. The van der Waals surface area contributed by atoms with E-state index in [4.69, 9.17) is 4.42 Å². The van der Waals surface area contributed by atoms with E-state index in [1.165, 1.54) is 10.7 Å². The molecule has 4 aromatic rings. The largest absolute Gasteiger partial charge is 0.543 e. The average molecular weight is 303 g/mol. The van der Waals surface area contributed by atoms with Gasteiger partial charge in [0.15, 0.2) is 5.76 Å². The van der Waals surface area contributed by atoms with Crippen LogP contribution in [-0.4, -0.2) is 15.7 Å². The Kier molecular flexibility index (Phi) is 2.98. The molecule has 0 aliphatic heterocycles. The minimum absolute atomic E-state index is 0.0216. The second-order valence-electron chi connectivity index (χ2n) is 5.10. The Morgan fingerprint density at radius 2 is 1.74 bits per heavy atom. The van der Waals surface area contributed by atoms with Gasteiger partial charge in [0, 0.05) is 5.39 Å². The first-order valence-electron chi connectivity index (χ1n) is 7.08. The number of carboxylic acids is 1. The van der Waals surface area contributed by atoms with Crippen LogP contribution >= 0.6 is 0 Å². The molecule has 0 radical (unpaired) electrons. The van der Waals surface area contributed by atoms with Gasteiger partial charge in [-0.2, -0.15) is 5.10 Å². The van der Waals surface area contributed by atoms with Crippen LogP contribution < -0.4 is 5.11 Å².